The summed E-state index contributed by atoms with van der Waals surface area (Å²) in [5, 5.41) is 0. The highest BCUT2D eigenvalue weighted by Gasteiger charge is 2.32. The molecule has 0 radical (unpaired) electrons. The van der Waals surface area contributed by atoms with E-state index < -0.39 is 0 Å². The fourth-order valence-electron chi connectivity index (χ4n) is 5.06. The number of piperidine rings is 1. The van der Waals surface area contributed by atoms with Crippen LogP contribution in [0.3, 0.4) is 0 Å². The Morgan fingerprint density at radius 2 is 1.44 bits per heavy atom. The zero-order chi connectivity index (χ0) is 25.5. The number of benzene rings is 1. The van der Waals surface area contributed by atoms with Crippen molar-refractivity contribution in [2.24, 2.45) is 0 Å². The largest absolute Gasteiger partial charge is 0.341 e. The van der Waals surface area contributed by atoms with Gasteiger partial charge < -0.3 is 4.90 Å². The van der Waals surface area contributed by atoms with Gasteiger partial charge in [0.25, 0.3) is 0 Å². The minimum absolute atomic E-state index is 0.146. The van der Waals surface area contributed by atoms with Gasteiger partial charge in [0.15, 0.2) is 0 Å². The Hall–Kier alpha value is -3.09. The molecule has 4 rings (SSSR count). The van der Waals surface area contributed by atoms with Crippen LogP contribution in [0.1, 0.15) is 40.9 Å². The zero-order valence-corrected chi connectivity index (χ0v) is 22.1. The van der Waals surface area contributed by atoms with Crippen molar-refractivity contribution in [2.45, 2.75) is 58.3 Å². The molecule has 1 aliphatic rings. The predicted octanol–water partition coefficient (Wildman–Crippen LogP) is 4.26. The minimum Gasteiger partial charge on any atom is -0.341 e. The van der Waals surface area contributed by atoms with E-state index in [1.807, 2.05) is 56.8 Å². The molecule has 1 fully saturated rings. The second-order valence-corrected chi connectivity index (χ2v) is 10.2. The number of hydrogen-bond acceptors (Lipinski definition) is 5. The fraction of sp³-hybridized carbons (Fsp3) is 0.433. The summed E-state index contributed by atoms with van der Waals surface area (Å²) in [6, 6.07) is 18.8. The molecule has 6 nitrogen and oxygen atoms in total. The van der Waals surface area contributed by atoms with Crippen molar-refractivity contribution in [1.29, 1.82) is 0 Å². The SMILES string of the molecule is Cc1cccnc1CN(Cc1ncccc1C)C1CCN(C(=O)[C@H](Cc2ccccc2)N(C)C)CC1. The number of amides is 1. The van der Waals surface area contributed by atoms with E-state index in [4.69, 9.17) is 0 Å². The number of likely N-dealkylation sites (N-methyl/N-ethyl adjacent to an activating group) is 1. The third-order valence-electron chi connectivity index (χ3n) is 7.41. The quantitative estimate of drug-likeness (QED) is 0.453. The van der Waals surface area contributed by atoms with E-state index in [2.05, 4.69) is 62.8 Å². The molecule has 1 aliphatic heterocycles. The average Bonchev–Trinajstić information content (AvgIpc) is 2.89. The Kier molecular flexibility index (Phi) is 8.83. The van der Waals surface area contributed by atoms with Crippen LogP contribution in [0.15, 0.2) is 67.0 Å². The first kappa shape index (κ1) is 26.0. The molecular formula is C30H39N5O. The van der Waals surface area contributed by atoms with Crippen LogP contribution in [0, 0.1) is 13.8 Å². The Morgan fingerprint density at radius 1 is 0.889 bits per heavy atom. The first-order valence-electron chi connectivity index (χ1n) is 13.0. The molecule has 0 aliphatic carbocycles. The van der Waals surface area contributed by atoms with Crippen LogP contribution in [-0.4, -0.2) is 69.8 Å². The second-order valence-electron chi connectivity index (χ2n) is 10.2. The molecule has 0 saturated carbocycles. The summed E-state index contributed by atoms with van der Waals surface area (Å²) in [4.78, 5) is 29.5. The fourth-order valence-corrected chi connectivity index (χ4v) is 5.06. The van der Waals surface area contributed by atoms with Crippen molar-refractivity contribution in [2.75, 3.05) is 27.2 Å². The number of hydrogen-bond donors (Lipinski definition) is 0. The lowest BCUT2D eigenvalue weighted by Crippen LogP contribution is -2.52. The van der Waals surface area contributed by atoms with Crippen molar-refractivity contribution in [1.82, 2.24) is 24.7 Å². The molecule has 3 aromatic rings. The van der Waals surface area contributed by atoms with Crippen LogP contribution in [0.5, 0.6) is 0 Å². The van der Waals surface area contributed by atoms with E-state index in [1.165, 1.54) is 16.7 Å². The maximum absolute atomic E-state index is 13.5. The number of carbonyl (C=O) groups is 1. The van der Waals surface area contributed by atoms with Gasteiger partial charge in [0.2, 0.25) is 5.91 Å². The Balaban J connectivity index is 1.45. The molecule has 0 bridgehead atoms. The Morgan fingerprint density at radius 3 is 1.94 bits per heavy atom. The average molecular weight is 486 g/mol. The van der Waals surface area contributed by atoms with Gasteiger partial charge in [-0.25, -0.2) is 0 Å². The van der Waals surface area contributed by atoms with E-state index in [1.54, 1.807) is 0 Å². The van der Waals surface area contributed by atoms with Crippen LogP contribution < -0.4 is 0 Å². The molecule has 36 heavy (non-hydrogen) atoms. The van der Waals surface area contributed by atoms with E-state index in [9.17, 15) is 4.79 Å². The molecule has 1 amide bonds. The number of aryl methyl sites for hydroxylation is 2. The summed E-state index contributed by atoms with van der Waals surface area (Å²) < 4.78 is 0. The first-order chi connectivity index (χ1) is 17.4. The number of likely N-dealkylation sites (tertiary alicyclic amines) is 1. The van der Waals surface area contributed by atoms with Gasteiger partial charge in [0, 0.05) is 44.6 Å². The third kappa shape index (κ3) is 6.56. The van der Waals surface area contributed by atoms with Crippen molar-refractivity contribution in [3.8, 4) is 0 Å². The molecule has 1 atom stereocenters. The lowest BCUT2D eigenvalue weighted by molar-refractivity contribution is -0.137. The lowest BCUT2D eigenvalue weighted by atomic mass is 9.99. The van der Waals surface area contributed by atoms with Gasteiger partial charge in [-0.15, -0.1) is 0 Å². The second kappa shape index (κ2) is 12.2. The van der Waals surface area contributed by atoms with Gasteiger partial charge in [0.05, 0.1) is 17.4 Å². The number of nitrogens with zero attached hydrogens (tertiary/aromatic N) is 5. The monoisotopic (exact) mass is 485 g/mol. The summed E-state index contributed by atoms with van der Waals surface area (Å²) in [5.74, 6) is 0.231. The van der Waals surface area contributed by atoms with Gasteiger partial charge in [-0.2, -0.15) is 0 Å². The van der Waals surface area contributed by atoms with Gasteiger partial charge in [-0.1, -0.05) is 42.5 Å². The lowest BCUT2D eigenvalue weighted by Gasteiger charge is -2.40. The van der Waals surface area contributed by atoms with Gasteiger partial charge in [0.1, 0.15) is 0 Å². The topological polar surface area (TPSA) is 52.6 Å². The number of rotatable bonds is 9. The van der Waals surface area contributed by atoms with Gasteiger partial charge in [-0.3, -0.25) is 24.6 Å². The van der Waals surface area contributed by atoms with E-state index in [-0.39, 0.29) is 11.9 Å². The number of carbonyl (C=O) groups excluding carboxylic acids is 1. The highest BCUT2D eigenvalue weighted by molar-refractivity contribution is 5.82. The molecule has 0 N–H and O–H groups in total. The van der Waals surface area contributed by atoms with Crippen LogP contribution in [-0.2, 0) is 24.3 Å². The van der Waals surface area contributed by atoms with Crippen LogP contribution in [0.4, 0.5) is 0 Å². The Bertz CT molecular complexity index is 1080. The van der Waals surface area contributed by atoms with Crippen LogP contribution in [0.2, 0.25) is 0 Å². The minimum atomic E-state index is -0.146. The smallest absolute Gasteiger partial charge is 0.240 e. The van der Waals surface area contributed by atoms with Crippen molar-refractivity contribution >= 4 is 5.91 Å². The summed E-state index contributed by atoms with van der Waals surface area (Å²) in [6.45, 7) is 7.39. The maximum Gasteiger partial charge on any atom is 0.240 e. The van der Waals surface area contributed by atoms with Crippen molar-refractivity contribution in [3.05, 3.63) is 95.1 Å². The number of aromatic nitrogens is 2. The van der Waals surface area contributed by atoms with E-state index >= 15 is 0 Å². The highest BCUT2D eigenvalue weighted by Crippen LogP contribution is 2.23. The third-order valence-corrected chi connectivity index (χ3v) is 7.41. The summed E-state index contributed by atoms with van der Waals surface area (Å²) in [6.07, 6.45) is 6.39. The van der Waals surface area contributed by atoms with E-state index in [0.29, 0.717) is 6.04 Å². The molecule has 3 heterocycles. The highest BCUT2D eigenvalue weighted by atomic mass is 16.2. The first-order valence-corrected chi connectivity index (χ1v) is 13.0. The predicted molar refractivity (Wildman–Crippen MR) is 144 cm³/mol. The molecule has 0 spiro atoms. The zero-order valence-electron chi connectivity index (χ0n) is 22.1. The molecule has 1 saturated heterocycles. The molecule has 190 valence electrons. The number of pyridine rings is 2. The maximum atomic E-state index is 13.5. The van der Waals surface area contributed by atoms with Crippen molar-refractivity contribution in [3.63, 3.8) is 0 Å². The van der Waals surface area contributed by atoms with Crippen LogP contribution >= 0.6 is 0 Å². The van der Waals surface area contributed by atoms with Gasteiger partial charge in [-0.05, 0) is 76.0 Å². The summed E-state index contributed by atoms with van der Waals surface area (Å²) in [7, 11) is 4.01. The molecule has 2 aromatic heterocycles. The Labute approximate surface area is 216 Å². The summed E-state index contributed by atoms with van der Waals surface area (Å²) in [5.41, 5.74) is 5.84. The van der Waals surface area contributed by atoms with Gasteiger partial charge >= 0.3 is 0 Å². The van der Waals surface area contributed by atoms with Crippen LogP contribution in [0.25, 0.3) is 0 Å². The van der Waals surface area contributed by atoms with Crippen molar-refractivity contribution < 1.29 is 4.79 Å². The molecule has 6 heteroatoms. The normalized spacial score (nSPS) is 15.4. The molecular weight excluding hydrogens is 446 g/mol. The molecule has 1 aromatic carbocycles. The molecule has 0 unspecified atom stereocenters. The summed E-state index contributed by atoms with van der Waals surface area (Å²) >= 11 is 0. The van der Waals surface area contributed by atoms with E-state index in [0.717, 1.165) is 56.8 Å². The standard InChI is InChI=1S/C30H39N5O/c1-23-10-8-16-31-27(23)21-35(22-28-24(2)11-9-17-32-28)26-14-18-34(19-15-26)30(36)29(33(3)4)20-25-12-6-5-7-13-25/h5-13,16-17,26,29H,14-15,18-22H2,1-4H3/t29-/m0/s1.